The molecule has 0 saturated heterocycles. The number of rotatable bonds is 6. The molecule has 0 spiro atoms. The van der Waals surface area contributed by atoms with E-state index in [9.17, 15) is 9.59 Å². The topological polar surface area (TPSA) is 68.3 Å². The highest BCUT2D eigenvalue weighted by molar-refractivity contribution is 7.17. The van der Waals surface area contributed by atoms with E-state index in [0.717, 1.165) is 27.3 Å². The van der Waals surface area contributed by atoms with E-state index >= 15 is 0 Å². The van der Waals surface area contributed by atoms with Gasteiger partial charge in [0.15, 0.2) is 0 Å². The number of anilines is 1. The van der Waals surface area contributed by atoms with Gasteiger partial charge < -0.3 is 10.1 Å². The number of nitrogens with one attached hydrogen (secondary N) is 1. The summed E-state index contributed by atoms with van der Waals surface area (Å²) < 4.78 is 5.29. The number of benzene rings is 2. The summed E-state index contributed by atoms with van der Waals surface area (Å²) in [7, 11) is 0. The van der Waals surface area contributed by atoms with Gasteiger partial charge in [-0.1, -0.05) is 60.2 Å². The van der Waals surface area contributed by atoms with Crippen LogP contribution in [0.4, 0.5) is 5.00 Å². The highest BCUT2D eigenvalue weighted by atomic mass is 32.1. The molecule has 0 fully saturated rings. The molecule has 0 saturated carbocycles. The molecule has 32 heavy (non-hydrogen) atoms. The molecule has 2 heterocycles. The number of thiophene rings is 1. The molecule has 0 radical (unpaired) electrons. The molecule has 0 aliphatic heterocycles. The van der Waals surface area contributed by atoms with Crippen LogP contribution < -0.4 is 5.32 Å². The van der Waals surface area contributed by atoms with Gasteiger partial charge in [0.25, 0.3) is 5.91 Å². The highest BCUT2D eigenvalue weighted by Crippen LogP contribution is 2.37. The number of thiazole rings is 1. The largest absolute Gasteiger partial charge is 0.462 e. The van der Waals surface area contributed by atoms with Crippen molar-refractivity contribution in [3.05, 3.63) is 81.7 Å². The second-order valence-corrected chi connectivity index (χ2v) is 9.07. The zero-order chi connectivity index (χ0) is 22.7. The molecule has 1 amide bonds. The Balaban J connectivity index is 1.67. The summed E-state index contributed by atoms with van der Waals surface area (Å²) in [6.07, 6.45) is 0. The number of ether oxygens (including phenoxy) is 1. The van der Waals surface area contributed by atoms with Crippen molar-refractivity contribution in [1.29, 1.82) is 0 Å². The van der Waals surface area contributed by atoms with Gasteiger partial charge in [0, 0.05) is 16.5 Å². The smallest absolute Gasteiger partial charge is 0.341 e. The van der Waals surface area contributed by atoms with E-state index in [1.54, 1.807) is 6.92 Å². The lowest BCUT2D eigenvalue weighted by Crippen LogP contribution is -2.14. The summed E-state index contributed by atoms with van der Waals surface area (Å²) in [5.74, 6) is -0.740. The predicted molar refractivity (Wildman–Crippen MR) is 131 cm³/mol. The number of aromatic nitrogens is 1. The molecule has 0 atom stereocenters. The third kappa shape index (κ3) is 4.49. The van der Waals surface area contributed by atoms with Crippen molar-refractivity contribution in [3.63, 3.8) is 0 Å². The average Bonchev–Trinajstić information content (AvgIpc) is 3.39. The first-order valence-electron chi connectivity index (χ1n) is 10.2. The van der Waals surface area contributed by atoms with Crippen LogP contribution >= 0.6 is 22.7 Å². The number of carbonyl (C=O) groups is 2. The van der Waals surface area contributed by atoms with Gasteiger partial charge in [-0.15, -0.1) is 22.7 Å². The van der Waals surface area contributed by atoms with Crippen LogP contribution in [0.15, 0.2) is 60.0 Å². The Morgan fingerprint density at radius 3 is 2.41 bits per heavy atom. The van der Waals surface area contributed by atoms with E-state index in [0.29, 0.717) is 21.1 Å². The number of amides is 1. The zero-order valence-corrected chi connectivity index (χ0v) is 19.6. The van der Waals surface area contributed by atoms with Crippen molar-refractivity contribution >= 4 is 39.6 Å². The van der Waals surface area contributed by atoms with E-state index in [-0.39, 0.29) is 12.5 Å². The van der Waals surface area contributed by atoms with Gasteiger partial charge in [-0.25, -0.2) is 9.78 Å². The van der Waals surface area contributed by atoms with Gasteiger partial charge >= 0.3 is 5.97 Å². The van der Waals surface area contributed by atoms with Crippen molar-refractivity contribution < 1.29 is 14.3 Å². The van der Waals surface area contributed by atoms with Crippen molar-refractivity contribution in [2.75, 3.05) is 11.9 Å². The molecule has 2 aromatic carbocycles. The molecule has 162 valence electrons. The molecule has 2 aromatic heterocycles. The predicted octanol–water partition coefficient (Wildman–Crippen LogP) is 6.58. The van der Waals surface area contributed by atoms with Gasteiger partial charge in [0.1, 0.15) is 20.4 Å². The first kappa shape index (κ1) is 21.9. The van der Waals surface area contributed by atoms with E-state index in [2.05, 4.69) is 10.3 Å². The van der Waals surface area contributed by atoms with Crippen molar-refractivity contribution in [3.8, 4) is 21.7 Å². The van der Waals surface area contributed by atoms with Crippen LogP contribution in [0.1, 0.15) is 38.2 Å². The Bertz CT molecular complexity index is 1260. The second-order valence-electron chi connectivity index (χ2n) is 7.19. The fraction of sp³-hybridized carbons (Fsp3) is 0.160. The fourth-order valence-corrected chi connectivity index (χ4v) is 5.19. The SMILES string of the molecule is CCOC(=O)c1c(-c2ccc(C)cc2)csc1NC(=O)c1sc(-c2ccccc2)nc1C. The second kappa shape index (κ2) is 9.46. The molecular formula is C25H22N2O3S2. The lowest BCUT2D eigenvalue weighted by atomic mass is 10.0. The fourth-order valence-electron chi connectivity index (χ4n) is 3.27. The summed E-state index contributed by atoms with van der Waals surface area (Å²) in [4.78, 5) is 31.0. The maximum Gasteiger partial charge on any atom is 0.341 e. The minimum atomic E-state index is -0.453. The van der Waals surface area contributed by atoms with Crippen LogP contribution in [0.5, 0.6) is 0 Å². The molecule has 0 bridgehead atoms. The molecule has 5 nitrogen and oxygen atoms in total. The van der Waals surface area contributed by atoms with Crippen molar-refractivity contribution in [1.82, 2.24) is 4.98 Å². The van der Waals surface area contributed by atoms with Crippen LogP contribution in [0, 0.1) is 13.8 Å². The number of hydrogen-bond acceptors (Lipinski definition) is 6. The molecule has 4 rings (SSSR count). The minimum absolute atomic E-state index is 0.254. The Labute approximate surface area is 194 Å². The Morgan fingerprint density at radius 1 is 1.00 bits per heavy atom. The Kier molecular flexibility index (Phi) is 6.48. The number of esters is 1. The standard InChI is InChI=1S/C25H22N2O3S2/c1-4-30-25(29)20-19(17-12-10-15(2)11-13-17)14-31-24(20)27-22(28)21-16(3)26-23(32-21)18-8-6-5-7-9-18/h5-14H,4H2,1-3H3,(H,27,28). The Hall–Kier alpha value is -3.29. The number of nitrogens with zero attached hydrogens (tertiary/aromatic N) is 1. The third-order valence-electron chi connectivity index (χ3n) is 4.88. The third-order valence-corrected chi connectivity index (χ3v) is 6.98. The van der Waals surface area contributed by atoms with Crippen LogP contribution in [0.25, 0.3) is 21.7 Å². The summed E-state index contributed by atoms with van der Waals surface area (Å²) in [5.41, 5.74) is 4.76. The van der Waals surface area contributed by atoms with Gasteiger partial charge in [0.05, 0.1) is 12.3 Å². The van der Waals surface area contributed by atoms with Crippen LogP contribution in [0.2, 0.25) is 0 Å². The molecular weight excluding hydrogens is 440 g/mol. The lowest BCUT2D eigenvalue weighted by Gasteiger charge is -2.09. The summed E-state index contributed by atoms with van der Waals surface area (Å²) >= 11 is 2.65. The van der Waals surface area contributed by atoms with Crippen LogP contribution in [-0.2, 0) is 4.74 Å². The maximum absolute atomic E-state index is 13.1. The van der Waals surface area contributed by atoms with E-state index in [1.807, 2.05) is 73.8 Å². The molecule has 0 aliphatic carbocycles. The lowest BCUT2D eigenvalue weighted by molar-refractivity contribution is 0.0529. The van der Waals surface area contributed by atoms with Gasteiger partial charge in [0.2, 0.25) is 0 Å². The van der Waals surface area contributed by atoms with Crippen molar-refractivity contribution in [2.45, 2.75) is 20.8 Å². The number of hydrogen-bond donors (Lipinski definition) is 1. The normalized spacial score (nSPS) is 10.7. The summed E-state index contributed by atoms with van der Waals surface area (Å²) in [5, 5.41) is 6.05. The van der Waals surface area contributed by atoms with Gasteiger partial charge in [-0.05, 0) is 26.3 Å². The first-order valence-corrected chi connectivity index (χ1v) is 11.9. The zero-order valence-electron chi connectivity index (χ0n) is 18.0. The molecule has 7 heteroatoms. The molecule has 0 aliphatic rings. The molecule has 1 N–H and O–H groups in total. The summed E-state index contributed by atoms with van der Waals surface area (Å²) in [6, 6.07) is 17.7. The van der Waals surface area contributed by atoms with Crippen molar-refractivity contribution in [2.24, 2.45) is 0 Å². The first-order chi connectivity index (χ1) is 15.5. The van der Waals surface area contributed by atoms with Crippen LogP contribution in [0.3, 0.4) is 0 Å². The van der Waals surface area contributed by atoms with Crippen LogP contribution in [-0.4, -0.2) is 23.5 Å². The van der Waals surface area contributed by atoms with E-state index in [1.165, 1.54) is 22.7 Å². The average molecular weight is 463 g/mol. The van der Waals surface area contributed by atoms with E-state index in [4.69, 9.17) is 4.74 Å². The quantitative estimate of drug-likeness (QED) is 0.328. The monoisotopic (exact) mass is 462 g/mol. The Morgan fingerprint density at radius 2 is 1.72 bits per heavy atom. The maximum atomic E-state index is 13.1. The minimum Gasteiger partial charge on any atom is -0.462 e. The number of aryl methyl sites for hydroxylation is 2. The molecule has 0 unspecified atom stereocenters. The molecule has 4 aromatic rings. The van der Waals surface area contributed by atoms with Gasteiger partial charge in [-0.2, -0.15) is 0 Å². The van der Waals surface area contributed by atoms with Gasteiger partial charge in [-0.3, -0.25) is 4.79 Å². The summed E-state index contributed by atoms with van der Waals surface area (Å²) in [6.45, 7) is 5.84. The highest BCUT2D eigenvalue weighted by Gasteiger charge is 2.24. The number of carbonyl (C=O) groups excluding carboxylic acids is 2. The van der Waals surface area contributed by atoms with E-state index < -0.39 is 5.97 Å².